The number of ether oxygens (including phenoxy) is 1. The Morgan fingerprint density at radius 1 is 1.04 bits per heavy atom. The highest BCUT2D eigenvalue weighted by molar-refractivity contribution is 5.79. The number of nitrogens with zero attached hydrogens (tertiary/aromatic N) is 1. The SMILES string of the molecule is CCO/C=C/[C@@]1(c2ccccc2)C2=C(c3ccccc3CC2)N(CC)[C@@H]1C. The molecule has 2 aliphatic rings. The fourth-order valence-electron chi connectivity index (χ4n) is 5.08. The van der Waals surface area contributed by atoms with Crippen LogP contribution in [-0.2, 0) is 16.6 Å². The van der Waals surface area contributed by atoms with E-state index in [1.807, 2.05) is 13.2 Å². The molecule has 0 saturated carbocycles. The molecule has 27 heavy (non-hydrogen) atoms. The van der Waals surface area contributed by atoms with Gasteiger partial charge < -0.3 is 9.64 Å². The monoisotopic (exact) mass is 359 g/mol. The van der Waals surface area contributed by atoms with Gasteiger partial charge in [0.15, 0.2) is 0 Å². The second kappa shape index (κ2) is 7.26. The van der Waals surface area contributed by atoms with Crippen LogP contribution in [0.5, 0.6) is 0 Å². The summed E-state index contributed by atoms with van der Waals surface area (Å²) in [6, 6.07) is 20.2. The van der Waals surface area contributed by atoms with E-state index in [0.29, 0.717) is 12.6 Å². The van der Waals surface area contributed by atoms with Gasteiger partial charge in [0.05, 0.1) is 18.3 Å². The Labute approximate surface area is 163 Å². The lowest BCUT2D eigenvalue weighted by molar-refractivity contribution is 0.255. The molecule has 140 valence electrons. The summed E-state index contributed by atoms with van der Waals surface area (Å²) in [6.45, 7) is 8.38. The first-order valence-corrected chi connectivity index (χ1v) is 10.2. The van der Waals surface area contributed by atoms with Gasteiger partial charge in [-0.2, -0.15) is 0 Å². The van der Waals surface area contributed by atoms with E-state index in [-0.39, 0.29) is 5.41 Å². The summed E-state index contributed by atoms with van der Waals surface area (Å²) in [5.74, 6) is 0. The molecular formula is C25H29NO. The van der Waals surface area contributed by atoms with Crippen LogP contribution < -0.4 is 0 Å². The van der Waals surface area contributed by atoms with Crippen molar-refractivity contribution in [2.24, 2.45) is 0 Å². The molecule has 2 nitrogen and oxygen atoms in total. The number of aryl methyl sites for hydroxylation is 1. The molecule has 1 aliphatic heterocycles. The minimum Gasteiger partial charge on any atom is -0.502 e. The van der Waals surface area contributed by atoms with Crippen LogP contribution >= 0.6 is 0 Å². The van der Waals surface area contributed by atoms with E-state index in [1.54, 1.807) is 0 Å². The molecular weight excluding hydrogens is 330 g/mol. The van der Waals surface area contributed by atoms with Crippen molar-refractivity contribution in [2.75, 3.05) is 13.2 Å². The molecule has 0 bridgehead atoms. The van der Waals surface area contributed by atoms with Gasteiger partial charge in [0, 0.05) is 23.8 Å². The van der Waals surface area contributed by atoms with Gasteiger partial charge in [0.2, 0.25) is 0 Å². The number of likely N-dealkylation sites (N-methyl/N-ethyl adjacent to an activating group) is 1. The summed E-state index contributed by atoms with van der Waals surface area (Å²) in [5, 5.41) is 0. The third kappa shape index (κ3) is 2.70. The number of hydrogen-bond acceptors (Lipinski definition) is 2. The maximum atomic E-state index is 5.69. The van der Waals surface area contributed by atoms with E-state index in [2.05, 4.69) is 79.4 Å². The molecule has 1 heterocycles. The molecule has 0 fully saturated rings. The molecule has 0 amide bonds. The third-order valence-corrected chi connectivity index (χ3v) is 6.30. The standard InChI is InChI=1S/C25H29NO/c1-4-26-19(3)25(17-18-27-5-2,21-12-7-6-8-13-21)23-16-15-20-11-9-10-14-22(20)24(23)26/h6-14,17-19H,4-5,15-16H2,1-3H3/b18-17+/t19-,25-/m1/s1. The van der Waals surface area contributed by atoms with Crippen LogP contribution in [0.15, 0.2) is 72.5 Å². The van der Waals surface area contributed by atoms with Gasteiger partial charge in [-0.15, -0.1) is 0 Å². The minimum atomic E-state index is -0.144. The predicted molar refractivity (Wildman–Crippen MR) is 112 cm³/mol. The lowest BCUT2D eigenvalue weighted by Gasteiger charge is -2.37. The summed E-state index contributed by atoms with van der Waals surface area (Å²) in [7, 11) is 0. The summed E-state index contributed by atoms with van der Waals surface area (Å²) in [6.07, 6.45) is 6.44. The van der Waals surface area contributed by atoms with E-state index < -0.39 is 0 Å². The van der Waals surface area contributed by atoms with E-state index in [9.17, 15) is 0 Å². The smallest absolute Gasteiger partial charge is 0.0845 e. The molecule has 1 aliphatic carbocycles. The zero-order valence-electron chi connectivity index (χ0n) is 16.6. The van der Waals surface area contributed by atoms with Crippen LogP contribution in [0, 0.1) is 0 Å². The van der Waals surface area contributed by atoms with Gasteiger partial charge in [-0.3, -0.25) is 0 Å². The second-order valence-electron chi connectivity index (χ2n) is 7.44. The number of fused-ring (bicyclic) bond motifs is 2. The topological polar surface area (TPSA) is 12.5 Å². The van der Waals surface area contributed by atoms with Crippen LogP contribution in [0.1, 0.15) is 43.9 Å². The summed E-state index contributed by atoms with van der Waals surface area (Å²) < 4.78 is 5.69. The highest BCUT2D eigenvalue weighted by Gasteiger charge is 2.50. The van der Waals surface area contributed by atoms with Crippen molar-refractivity contribution in [1.82, 2.24) is 4.90 Å². The largest absolute Gasteiger partial charge is 0.502 e. The molecule has 2 aromatic rings. The lowest BCUT2D eigenvalue weighted by atomic mass is 9.68. The third-order valence-electron chi connectivity index (χ3n) is 6.30. The first kappa shape index (κ1) is 17.9. The van der Waals surface area contributed by atoms with Crippen molar-refractivity contribution in [3.63, 3.8) is 0 Å². The Hall–Kier alpha value is -2.48. The van der Waals surface area contributed by atoms with Crippen LogP contribution in [0.3, 0.4) is 0 Å². The maximum Gasteiger partial charge on any atom is 0.0845 e. The van der Waals surface area contributed by atoms with Gasteiger partial charge in [0.25, 0.3) is 0 Å². The first-order chi connectivity index (χ1) is 13.2. The molecule has 0 aromatic heterocycles. The van der Waals surface area contributed by atoms with Crippen LogP contribution in [-0.4, -0.2) is 24.1 Å². The van der Waals surface area contributed by atoms with Gasteiger partial charge in [-0.1, -0.05) is 54.6 Å². The fraction of sp³-hybridized carbons (Fsp3) is 0.360. The zero-order valence-corrected chi connectivity index (χ0v) is 16.6. The first-order valence-electron chi connectivity index (χ1n) is 10.2. The number of benzene rings is 2. The Kier molecular flexibility index (Phi) is 4.82. The predicted octanol–water partition coefficient (Wildman–Crippen LogP) is 5.56. The molecule has 0 saturated heterocycles. The van der Waals surface area contributed by atoms with Crippen molar-refractivity contribution in [1.29, 1.82) is 0 Å². The number of hydrogen-bond donors (Lipinski definition) is 0. The fourth-order valence-corrected chi connectivity index (χ4v) is 5.08. The highest BCUT2D eigenvalue weighted by Crippen LogP contribution is 2.54. The highest BCUT2D eigenvalue weighted by atomic mass is 16.5. The average molecular weight is 360 g/mol. The van der Waals surface area contributed by atoms with E-state index >= 15 is 0 Å². The second-order valence-corrected chi connectivity index (χ2v) is 7.44. The molecule has 2 atom stereocenters. The molecule has 0 spiro atoms. The summed E-state index contributed by atoms with van der Waals surface area (Å²) in [4.78, 5) is 2.59. The van der Waals surface area contributed by atoms with Gasteiger partial charge in [0.1, 0.15) is 0 Å². The minimum absolute atomic E-state index is 0.144. The Morgan fingerprint density at radius 2 is 1.78 bits per heavy atom. The van der Waals surface area contributed by atoms with Gasteiger partial charge in [-0.25, -0.2) is 0 Å². The Morgan fingerprint density at radius 3 is 2.52 bits per heavy atom. The Balaban J connectivity index is 1.97. The molecule has 2 heteroatoms. The quantitative estimate of drug-likeness (QED) is 0.648. The lowest BCUT2D eigenvalue weighted by Crippen LogP contribution is -2.41. The summed E-state index contributed by atoms with van der Waals surface area (Å²) >= 11 is 0. The molecule has 0 unspecified atom stereocenters. The van der Waals surface area contributed by atoms with Crippen LogP contribution in [0.2, 0.25) is 0 Å². The van der Waals surface area contributed by atoms with Crippen LogP contribution in [0.4, 0.5) is 0 Å². The van der Waals surface area contributed by atoms with Crippen molar-refractivity contribution in [3.8, 4) is 0 Å². The zero-order chi connectivity index (χ0) is 18.9. The van der Waals surface area contributed by atoms with Crippen molar-refractivity contribution in [3.05, 3.63) is 89.2 Å². The van der Waals surface area contributed by atoms with E-state index in [4.69, 9.17) is 4.74 Å². The Bertz CT molecular complexity index is 867. The van der Waals surface area contributed by atoms with Gasteiger partial charge >= 0.3 is 0 Å². The summed E-state index contributed by atoms with van der Waals surface area (Å²) in [5.41, 5.74) is 7.08. The molecule has 0 radical (unpaired) electrons. The number of rotatable bonds is 5. The molecule has 0 N–H and O–H groups in total. The molecule has 4 rings (SSSR count). The average Bonchev–Trinajstić information content (AvgIpc) is 2.97. The van der Waals surface area contributed by atoms with E-state index in [1.165, 1.54) is 28.0 Å². The molecule has 2 aromatic carbocycles. The normalized spacial score (nSPS) is 24.3. The van der Waals surface area contributed by atoms with Crippen molar-refractivity contribution in [2.45, 2.75) is 45.1 Å². The van der Waals surface area contributed by atoms with E-state index in [0.717, 1.165) is 19.4 Å². The van der Waals surface area contributed by atoms with Crippen molar-refractivity contribution < 1.29 is 4.74 Å². The maximum absolute atomic E-state index is 5.69. The van der Waals surface area contributed by atoms with Crippen LogP contribution in [0.25, 0.3) is 5.70 Å². The van der Waals surface area contributed by atoms with Gasteiger partial charge in [-0.05, 0) is 56.4 Å². The van der Waals surface area contributed by atoms with Crippen molar-refractivity contribution >= 4 is 5.70 Å².